The van der Waals surface area contributed by atoms with Gasteiger partial charge in [-0.25, -0.2) is 14.2 Å². The topological polar surface area (TPSA) is 67.2 Å². The van der Waals surface area contributed by atoms with Crippen LogP contribution in [0.4, 0.5) is 14.9 Å². The van der Waals surface area contributed by atoms with Gasteiger partial charge in [0.15, 0.2) is 0 Å². The molecule has 0 saturated heterocycles. The number of aryl methyl sites for hydroxylation is 2. The van der Waals surface area contributed by atoms with Gasteiger partial charge in [-0.05, 0) is 50.2 Å². The Morgan fingerprint density at radius 2 is 1.76 bits per heavy atom. The maximum atomic E-state index is 12.9. The van der Waals surface area contributed by atoms with Crippen LogP contribution in [0.3, 0.4) is 0 Å². The lowest BCUT2D eigenvalue weighted by molar-refractivity contribution is 0.251. The highest BCUT2D eigenvalue weighted by Gasteiger charge is 2.12. The van der Waals surface area contributed by atoms with Crippen molar-refractivity contribution in [1.29, 1.82) is 0 Å². The summed E-state index contributed by atoms with van der Waals surface area (Å²) in [6.45, 7) is 4.05. The summed E-state index contributed by atoms with van der Waals surface area (Å²) in [6.07, 6.45) is 0. The molecular weight excluding hydrogens is 321 g/mol. The molecule has 0 radical (unpaired) electrons. The zero-order valence-electron chi connectivity index (χ0n) is 14.0. The molecule has 25 heavy (non-hydrogen) atoms. The molecule has 0 spiro atoms. The van der Waals surface area contributed by atoms with Gasteiger partial charge in [-0.3, -0.25) is 0 Å². The number of nitrogens with one attached hydrogen (secondary N) is 2. The predicted octanol–water partition coefficient (Wildman–Crippen LogP) is 4.42. The first-order valence-corrected chi connectivity index (χ1v) is 7.85. The van der Waals surface area contributed by atoms with E-state index in [0.717, 1.165) is 11.1 Å². The lowest BCUT2D eigenvalue weighted by Gasteiger charge is -2.06. The summed E-state index contributed by atoms with van der Waals surface area (Å²) < 4.78 is 18.5. The third-order valence-corrected chi connectivity index (χ3v) is 3.71. The number of rotatable bonds is 4. The SMILES string of the molecule is Cc1ccc(-c2nc(CNC(=O)Nc3ccc(F)cc3)c(C)o2)cc1. The fraction of sp³-hybridized carbons (Fsp3) is 0.158. The van der Waals surface area contributed by atoms with Crippen LogP contribution in [-0.4, -0.2) is 11.0 Å². The van der Waals surface area contributed by atoms with Crippen molar-refractivity contribution in [2.75, 3.05) is 5.32 Å². The summed E-state index contributed by atoms with van der Waals surface area (Å²) in [7, 11) is 0. The van der Waals surface area contributed by atoms with E-state index >= 15 is 0 Å². The van der Waals surface area contributed by atoms with E-state index < -0.39 is 6.03 Å². The molecule has 1 heterocycles. The number of halogens is 1. The van der Waals surface area contributed by atoms with Gasteiger partial charge in [-0.1, -0.05) is 17.7 Å². The minimum atomic E-state index is -0.397. The molecule has 5 nitrogen and oxygen atoms in total. The molecule has 2 amide bonds. The van der Waals surface area contributed by atoms with Crippen molar-refractivity contribution in [3.8, 4) is 11.5 Å². The number of oxazole rings is 1. The van der Waals surface area contributed by atoms with Gasteiger partial charge in [0.2, 0.25) is 5.89 Å². The van der Waals surface area contributed by atoms with E-state index in [2.05, 4.69) is 15.6 Å². The molecule has 0 atom stereocenters. The summed E-state index contributed by atoms with van der Waals surface area (Å²) in [6, 6.07) is 13.0. The molecule has 1 aromatic heterocycles. The Morgan fingerprint density at radius 3 is 2.44 bits per heavy atom. The second kappa shape index (κ2) is 7.17. The molecule has 6 heteroatoms. The van der Waals surface area contributed by atoms with Crippen LogP contribution in [0.15, 0.2) is 52.9 Å². The first-order chi connectivity index (χ1) is 12.0. The second-order valence-electron chi connectivity index (χ2n) is 5.70. The number of carbonyl (C=O) groups is 1. The third-order valence-electron chi connectivity index (χ3n) is 3.71. The summed E-state index contributed by atoms with van der Waals surface area (Å²) in [5, 5.41) is 5.34. The second-order valence-corrected chi connectivity index (χ2v) is 5.70. The summed E-state index contributed by atoms with van der Waals surface area (Å²) >= 11 is 0. The van der Waals surface area contributed by atoms with Gasteiger partial charge in [0.25, 0.3) is 0 Å². The molecule has 3 rings (SSSR count). The Morgan fingerprint density at radius 1 is 1.08 bits per heavy atom. The van der Waals surface area contributed by atoms with Gasteiger partial charge in [-0.15, -0.1) is 0 Å². The van der Waals surface area contributed by atoms with Gasteiger partial charge >= 0.3 is 6.03 Å². The van der Waals surface area contributed by atoms with Gasteiger partial charge in [-0.2, -0.15) is 0 Å². The Kier molecular flexibility index (Phi) is 4.79. The number of anilines is 1. The summed E-state index contributed by atoms with van der Waals surface area (Å²) in [5.41, 5.74) is 3.21. The molecule has 0 unspecified atom stereocenters. The van der Waals surface area contributed by atoms with Crippen molar-refractivity contribution in [3.05, 3.63) is 71.4 Å². The quantitative estimate of drug-likeness (QED) is 0.739. The molecule has 0 aliphatic heterocycles. The zero-order chi connectivity index (χ0) is 17.8. The van der Waals surface area contributed by atoms with Crippen LogP contribution in [0.5, 0.6) is 0 Å². The normalized spacial score (nSPS) is 10.5. The maximum Gasteiger partial charge on any atom is 0.319 e. The van der Waals surface area contributed by atoms with Crippen LogP contribution in [0.2, 0.25) is 0 Å². The van der Waals surface area contributed by atoms with Crippen molar-refractivity contribution in [3.63, 3.8) is 0 Å². The number of carbonyl (C=O) groups excluding carboxylic acids is 1. The number of amides is 2. The molecular formula is C19H18FN3O2. The molecule has 0 aliphatic carbocycles. The largest absolute Gasteiger partial charge is 0.441 e. The van der Waals surface area contributed by atoms with E-state index in [1.54, 1.807) is 6.92 Å². The first-order valence-electron chi connectivity index (χ1n) is 7.85. The van der Waals surface area contributed by atoms with Crippen molar-refractivity contribution in [2.45, 2.75) is 20.4 Å². The third kappa shape index (κ3) is 4.23. The van der Waals surface area contributed by atoms with Crippen LogP contribution >= 0.6 is 0 Å². The molecule has 2 N–H and O–H groups in total. The van der Waals surface area contributed by atoms with Crippen LogP contribution in [0, 0.1) is 19.7 Å². The fourth-order valence-electron chi connectivity index (χ4n) is 2.28. The average Bonchev–Trinajstić information content (AvgIpc) is 2.97. The number of hydrogen-bond acceptors (Lipinski definition) is 3. The van der Waals surface area contributed by atoms with E-state index in [9.17, 15) is 9.18 Å². The summed E-state index contributed by atoms with van der Waals surface area (Å²) in [4.78, 5) is 16.4. The molecule has 0 bridgehead atoms. The van der Waals surface area contributed by atoms with Gasteiger partial charge in [0.05, 0.1) is 6.54 Å². The van der Waals surface area contributed by atoms with Gasteiger partial charge in [0.1, 0.15) is 17.3 Å². The Bertz CT molecular complexity index is 871. The Labute approximate surface area is 144 Å². The molecule has 2 aromatic carbocycles. The van der Waals surface area contributed by atoms with E-state index in [1.165, 1.54) is 24.3 Å². The molecule has 3 aromatic rings. The van der Waals surface area contributed by atoms with Crippen molar-refractivity contribution < 1.29 is 13.6 Å². The zero-order valence-corrected chi connectivity index (χ0v) is 14.0. The first kappa shape index (κ1) is 16.7. The highest BCUT2D eigenvalue weighted by molar-refractivity contribution is 5.89. The van der Waals surface area contributed by atoms with Crippen LogP contribution in [0.1, 0.15) is 17.0 Å². The minimum absolute atomic E-state index is 0.230. The van der Waals surface area contributed by atoms with Gasteiger partial charge < -0.3 is 15.1 Å². The lowest BCUT2D eigenvalue weighted by Crippen LogP contribution is -2.28. The van der Waals surface area contributed by atoms with Crippen LogP contribution in [0.25, 0.3) is 11.5 Å². The van der Waals surface area contributed by atoms with E-state index in [4.69, 9.17) is 4.42 Å². The Balaban J connectivity index is 1.62. The maximum absolute atomic E-state index is 12.9. The van der Waals surface area contributed by atoms with Crippen LogP contribution < -0.4 is 10.6 Å². The summed E-state index contributed by atoms with van der Waals surface area (Å²) in [5.74, 6) is 0.818. The van der Waals surface area contributed by atoms with E-state index in [0.29, 0.717) is 23.0 Å². The highest BCUT2D eigenvalue weighted by atomic mass is 19.1. The Hall–Kier alpha value is -3.15. The fourth-order valence-corrected chi connectivity index (χ4v) is 2.28. The van der Waals surface area contributed by atoms with Gasteiger partial charge in [0, 0.05) is 11.3 Å². The van der Waals surface area contributed by atoms with Crippen molar-refractivity contribution in [2.24, 2.45) is 0 Å². The van der Waals surface area contributed by atoms with E-state index in [1.807, 2.05) is 31.2 Å². The molecule has 0 fully saturated rings. The number of hydrogen-bond donors (Lipinski definition) is 2. The highest BCUT2D eigenvalue weighted by Crippen LogP contribution is 2.22. The number of aromatic nitrogens is 1. The predicted molar refractivity (Wildman–Crippen MR) is 93.7 cm³/mol. The number of urea groups is 1. The lowest BCUT2D eigenvalue weighted by atomic mass is 10.1. The number of nitrogens with zero attached hydrogens (tertiary/aromatic N) is 1. The monoisotopic (exact) mass is 339 g/mol. The smallest absolute Gasteiger partial charge is 0.319 e. The standard InChI is InChI=1S/C19H18FN3O2/c1-12-3-5-14(6-4-12)18-23-17(13(2)25-18)11-21-19(24)22-16-9-7-15(20)8-10-16/h3-10H,11H2,1-2H3,(H2,21,22,24). The molecule has 0 saturated carbocycles. The number of benzene rings is 2. The van der Waals surface area contributed by atoms with Crippen molar-refractivity contribution in [1.82, 2.24) is 10.3 Å². The molecule has 0 aliphatic rings. The molecule has 128 valence electrons. The van der Waals surface area contributed by atoms with Crippen LogP contribution in [-0.2, 0) is 6.54 Å². The average molecular weight is 339 g/mol. The minimum Gasteiger partial charge on any atom is -0.441 e. The van der Waals surface area contributed by atoms with E-state index in [-0.39, 0.29) is 12.4 Å². The van der Waals surface area contributed by atoms with Crippen molar-refractivity contribution >= 4 is 11.7 Å².